The Morgan fingerprint density at radius 1 is 1.29 bits per heavy atom. The van der Waals surface area contributed by atoms with E-state index < -0.39 is 14.4 Å². The van der Waals surface area contributed by atoms with Gasteiger partial charge in [0.15, 0.2) is 8.32 Å². The Bertz CT molecular complexity index is 294. The summed E-state index contributed by atoms with van der Waals surface area (Å²) in [5, 5.41) is 10.2. The maximum atomic E-state index is 11.6. The lowest BCUT2D eigenvalue weighted by Crippen LogP contribution is -2.51. The van der Waals surface area contributed by atoms with Crippen LogP contribution < -0.4 is 0 Å². The van der Waals surface area contributed by atoms with Gasteiger partial charge in [0.25, 0.3) is 0 Å². The van der Waals surface area contributed by atoms with Gasteiger partial charge in [-0.25, -0.2) is 0 Å². The molecule has 0 aromatic carbocycles. The predicted octanol–water partition coefficient (Wildman–Crippen LogP) is 2.74. The Hall–Kier alpha value is -0.193. The Kier molecular flexibility index (Phi) is 4.22. The average molecular weight is 258 g/mol. The van der Waals surface area contributed by atoms with Gasteiger partial charge in [0.05, 0.1) is 12.2 Å². The maximum absolute atomic E-state index is 11.6. The van der Waals surface area contributed by atoms with Gasteiger partial charge in [-0.3, -0.25) is 4.79 Å². The normalized spacial score (nSPS) is 31.7. The van der Waals surface area contributed by atoms with Crippen molar-refractivity contribution in [3.8, 4) is 0 Å². The minimum Gasteiger partial charge on any atom is -0.411 e. The van der Waals surface area contributed by atoms with E-state index in [4.69, 9.17) is 4.43 Å². The first-order valence-corrected chi connectivity index (χ1v) is 9.33. The number of Topliss-reactive ketones (excluding diaryl/α,β-unsaturated/α-hetero) is 1. The minimum atomic E-state index is -1.91. The van der Waals surface area contributed by atoms with E-state index in [1.807, 2.05) is 6.92 Å². The largest absolute Gasteiger partial charge is 0.411 e. The third-order valence-electron chi connectivity index (χ3n) is 4.19. The Labute approximate surface area is 106 Å². The number of rotatable bonds is 2. The van der Waals surface area contributed by atoms with Crippen molar-refractivity contribution >= 4 is 14.1 Å². The second-order valence-electron chi connectivity index (χ2n) is 6.83. The summed E-state index contributed by atoms with van der Waals surface area (Å²) in [5.41, 5.74) is 0. The highest BCUT2D eigenvalue weighted by atomic mass is 28.4. The number of hydrogen-bond donors (Lipinski definition) is 1. The fraction of sp³-hybridized carbons (Fsp3) is 0.923. The lowest BCUT2D eigenvalue weighted by atomic mass is 9.85. The molecule has 0 spiro atoms. The van der Waals surface area contributed by atoms with Crippen molar-refractivity contribution in [2.45, 2.75) is 70.9 Å². The zero-order chi connectivity index (χ0) is 13.4. The predicted molar refractivity (Wildman–Crippen MR) is 71.5 cm³/mol. The van der Waals surface area contributed by atoms with Gasteiger partial charge in [-0.2, -0.15) is 0 Å². The summed E-state index contributed by atoms with van der Waals surface area (Å²) in [4.78, 5) is 11.6. The number of aliphatic hydroxyl groups excluding tert-OH is 1. The van der Waals surface area contributed by atoms with Gasteiger partial charge in [0.2, 0.25) is 0 Å². The third kappa shape index (κ3) is 3.39. The molecule has 3 atom stereocenters. The SMILES string of the molecule is C[C@@H]1CC(=O)C[C@@H](O[Si](C)(C)C(C)(C)C)[C@H]1O. The summed E-state index contributed by atoms with van der Waals surface area (Å²) in [6.07, 6.45) is 0.0604. The van der Waals surface area contributed by atoms with Crippen LogP contribution in [0.3, 0.4) is 0 Å². The first-order valence-electron chi connectivity index (χ1n) is 6.42. The van der Waals surface area contributed by atoms with Gasteiger partial charge in [-0.1, -0.05) is 27.7 Å². The lowest BCUT2D eigenvalue weighted by molar-refractivity contribution is -0.130. The summed E-state index contributed by atoms with van der Waals surface area (Å²) in [5.74, 6) is 0.234. The molecule has 0 aromatic heterocycles. The van der Waals surface area contributed by atoms with Crippen molar-refractivity contribution < 1.29 is 14.3 Å². The number of hydrogen-bond acceptors (Lipinski definition) is 3. The molecule has 4 heteroatoms. The highest BCUT2D eigenvalue weighted by Gasteiger charge is 2.43. The zero-order valence-corrected chi connectivity index (χ0v) is 12.9. The van der Waals surface area contributed by atoms with Crippen molar-refractivity contribution in [3.63, 3.8) is 0 Å². The molecule has 0 saturated heterocycles. The molecule has 100 valence electrons. The summed E-state index contributed by atoms with van der Waals surface area (Å²) >= 11 is 0. The number of carbonyl (C=O) groups is 1. The molecule has 1 rings (SSSR count). The second-order valence-corrected chi connectivity index (χ2v) is 11.6. The molecular formula is C13H26O3Si. The van der Waals surface area contributed by atoms with E-state index in [-0.39, 0.29) is 22.8 Å². The quantitative estimate of drug-likeness (QED) is 0.775. The van der Waals surface area contributed by atoms with E-state index in [1.165, 1.54) is 0 Å². The highest BCUT2D eigenvalue weighted by Crippen LogP contribution is 2.39. The van der Waals surface area contributed by atoms with E-state index in [0.29, 0.717) is 12.8 Å². The van der Waals surface area contributed by atoms with Crippen molar-refractivity contribution in [2.24, 2.45) is 5.92 Å². The Morgan fingerprint density at radius 3 is 2.29 bits per heavy atom. The topological polar surface area (TPSA) is 46.5 Å². The summed E-state index contributed by atoms with van der Waals surface area (Å²) in [6, 6.07) is 0. The minimum absolute atomic E-state index is 0.0195. The summed E-state index contributed by atoms with van der Waals surface area (Å²) in [6.45, 7) is 12.7. The van der Waals surface area contributed by atoms with E-state index >= 15 is 0 Å². The molecule has 0 radical (unpaired) electrons. The molecular weight excluding hydrogens is 232 g/mol. The molecule has 0 unspecified atom stereocenters. The lowest BCUT2D eigenvalue weighted by Gasteiger charge is -2.42. The van der Waals surface area contributed by atoms with Crippen LogP contribution in [0.4, 0.5) is 0 Å². The number of ketones is 1. The van der Waals surface area contributed by atoms with Crippen LogP contribution in [0.15, 0.2) is 0 Å². The van der Waals surface area contributed by atoms with Crippen LogP contribution in [0, 0.1) is 5.92 Å². The summed E-state index contributed by atoms with van der Waals surface area (Å²) in [7, 11) is -1.91. The van der Waals surface area contributed by atoms with E-state index in [0.717, 1.165) is 0 Å². The molecule has 0 bridgehead atoms. The standard InChI is InChI=1S/C13H26O3Si/c1-9-7-10(14)8-11(12(9)15)16-17(5,6)13(2,3)4/h9,11-12,15H,7-8H2,1-6H3/t9-,11-,12+/m1/s1. The average Bonchev–Trinajstić information content (AvgIpc) is 2.11. The van der Waals surface area contributed by atoms with Gasteiger partial charge < -0.3 is 9.53 Å². The van der Waals surface area contributed by atoms with Crippen LogP contribution in [0.2, 0.25) is 18.1 Å². The molecule has 1 fully saturated rings. The van der Waals surface area contributed by atoms with Gasteiger partial charge in [0.1, 0.15) is 5.78 Å². The van der Waals surface area contributed by atoms with Crippen LogP contribution in [-0.2, 0) is 9.22 Å². The van der Waals surface area contributed by atoms with Gasteiger partial charge in [0, 0.05) is 12.8 Å². The Balaban J connectivity index is 2.76. The van der Waals surface area contributed by atoms with Crippen LogP contribution in [0.5, 0.6) is 0 Å². The molecule has 0 amide bonds. The maximum Gasteiger partial charge on any atom is 0.192 e. The molecule has 1 N–H and O–H groups in total. The molecule has 1 aliphatic carbocycles. The van der Waals surface area contributed by atoms with E-state index in [2.05, 4.69) is 33.9 Å². The van der Waals surface area contributed by atoms with Crippen molar-refractivity contribution in [1.29, 1.82) is 0 Å². The van der Waals surface area contributed by atoms with Crippen LogP contribution in [0.1, 0.15) is 40.5 Å². The zero-order valence-electron chi connectivity index (χ0n) is 11.9. The molecule has 0 heterocycles. The fourth-order valence-electron chi connectivity index (χ4n) is 1.94. The summed E-state index contributed by atoms with van der Waals surface area (Å²) < 4.78 is 6.16. The molecule has 0 aromatic rings. The molecule has 0 aliphatic heterocycles. The monoisotopic (exact) mass is 258 g/mol. The Morgan fingerprint density at radius 2 is 1.82 bits per heavy atom. The van der Waals surface area contributed by atoms with Crippen molar-refractivity contribution in [1.82, 2.24) is 0 Å². The highest BCUT2D eigenvalue weighted by molar-refractivity contribution is 6.74. The van der Waals surface area contributed by atoms with Gasteiger partial charge >= 0.3 is 0 Å². The van der Waals surface area contributed by atoms with Crippen molar-refractivity contribution in [3.05, 3.63) is 0 Å². The third-order valence-corrected chi connectivity index (χ3v) is 8.70. The molecule has 17 heavy (non-hydrogen) atoms. The van der Waals surface area contributed by atoms with Crippen LogP contribution in [0.25, 0.3) is 0 Å². The number of aliphatic hydroxyl groups is 1. The van der Waals surface area contributed by atoms with E-state index in [9.17, 15) is 9.90 Å². The molecule has 1 saturated carbocycles. The smallest absolute Gasteiger partial charge is 0.192 e. The second kappa shape index (κ2) is 4.82. The first kappa shape index (κ1) is 14.9. The van der Waals surface area contributed by atoms with E-state index in [1.54, 1.807) is 0 Å². The molecule has 1 aliphatic rings. The number of carbonyl (C=O) groups excluding carboxylic acids is 1. The molecule has 3 nitrogen and oxygen atoms in total. The van der Waals surface area contributed by atoms with Gasteiger partial charge in [-0.15, -0.1) is 0 Å². The van der Waals surface area contributed by atoms with Gasteiger partial charge in [-0.05, 0) is 24.1 Å². The van der Waals surface area contributed by atoms with Crippen LogP contribution in [-0.4, -0.2) is 31.4 Å². The van der Waals surface area contributed by atoms with Crippen LogP contribution >= 0.6 is 0 Å². The van der Waals surface area contributed by atoms with Crippen molar-refractivity contribution in [2.75, 3.05) is 0 Å². The first-order chi connectivity index (χ1) is 7.54. The fourth-order valence-corrected chi connectivity index (χ4v) is 3.27.